The van der Waals surface area contributed by atoms with Crippen LogP contribution in [0.3, 0.4) is 0 Å². The van der Waals surface area contributed by atoms with Crippen LogP contribution in [0.5, 0.6) is 5.75 Å². The third-order valence-electron chi connectivity index (χ3n) is 5.67. The van der Waals surface area contributed by atoms with Gasteiger partial charge < -0.3 is 19.9 Å². The van der Waals surface area contributed by atoms with Crippen LogP contribution in [-0.2, 0) is 18.3 Å². The zero-order chi connectivity index (χ0) is 22.9. The molecule has 2 heterocycles. The minimum Gasteiger partial charge on any atom is -0.480 e. The summed E-state index contributed by atoms with van der Waals surface area (Å²) in [4.78, 5) is 37.8. The van der Waals surface area contributed by atoms with Gasteiger partial charge in [0, 0.05) is 42.0 Å². The average Bonchev–Trinajstić information content (AvgIpc) is 3.27. The zero-order valence-corrected chi connectivity index (χ0v) is 17.9. The van der Waals surface area contributed by atoms with E-state index < -0.39 is 6.10 Å². The molecule has 0 saturated carbocycles. The second-order valence-corrected chi connectivity index (χ2v) is 7.98. The molecule has 4 aromatic rings. The lowest BCUT2D eigenvalue weighted by atomic mass is 10.1. The van der Waals surface area contributed by atoms with Gasteiger partial charge in [0.25, 0.3) is 17.4 Å². The first-order valence-corrected chi connectivity index (χ1v) is 10.5. The Morgan fingerprint density at radius 3 is 2.61 bits per heavy atom. The fourth-order valence-electron chi connectivity index (χ4n) is 3.91. The van der Waals surface area contributed by atoms with Crippen molar-refractivity contribution in [2.24, 2.45) is 7.05 Å². The lowest BCUT2D eigenvalue weighted by Gasteiger charge is -2.12. The van der Waals surface area contributed by atoms with Crippen molar-refractivity contribution in [3.8, 4) is 5.75 Å². The van der Waals surface area contributed by atoms with Crippen molar-refractivity contribution >= 4 is 34.0 Å². The maximum Gasteiger partial charge on any atom is 0.265 e. The monoisotopic (exact) mass is 439 g/mol. The number of hydrogen-bond donors (Lipinski definition) is 2. The normalized spacial score (nSPS) is 14.4. The van der Waals surface area contributed by atoms with Crippen LogP contribution in [-0.4, -0.2) is 22.5 Å². The second kappa shape index (κ2) is 8.27. The number of rotatable bonds is 4. The van der Waals surface area contributed by atoms with Gasteiger partial charge in [0.05, 0.1) is 0 Å². The minimum absolute atomic E-state index is 0.135. The van der Waals surface area contributed by atoms with Gasteiger partial charge in [0.15, 0.2) is 6.10 Å². The highest BCUT2D eigenvalue weighted by atomic mass is 16.5. The summed E-state index contributed by atoms with van der Waals surface area (Å²) in [6.07, 6.45) is 1.60. The van der Waals surface area contributed by atoms with Crippen molar-refractivity contribution in [2.75, 3.05) is 10.6 Å². The molecule has 7 heteroatoms. The number of benzene rings is 3. The van der Waals surface area contributed by atoms with Gasteiger partial charge >= 0.3 is 0 Å². The summed E-state index contributed by atoms with van der Waals surface area (Å²) in [5.74, 6) is 0.104. The number of hydrogen-bond acceptors (Lipinski definition) is 4. The van der Waals surface area contributed by atoms with Crippen LogP contribution in [0.25, 0.3) is 10.8 Å². The van der Waals surface area contributed by atoms with Gasteiger partial charge in [-0.05, 0) is 53.4 Å². The summed E-state index contributed by atoms with van der Waals surface area (Å²) in [5, 5.41) is 6.98. The molecule has 2 N–H and O–H groups in total. The van der Waals surface area contributed by atoms with E-state index in [1.807, 2.05) is 30.3 Å². The quantitative estimate of drug-likeness (QED) is 0.507. The lowest BCUT2D eigenvalue weighted by Crippen LogP contribution is -2.31. The summed E-state index contributed by atoms with van der Waals surface area (Å²) < 4.78 is 7.22. The first-order valence-electron chi connectivity index (χ1n) is 10.5. The SMILES string of the molecule is Cn1ccc2ccc(NC(=O)c3cccc(NC(=O)C4Cc5ccccc5O4)c3)cc2c1=O. The number of aromatic nitrogens is 1. The predicted octanol–water partition coefficient (Wildman–Crippen LogP) is 3.73. The summed E-state index contributed by atoms with van der Waals surface area (Å²) >= 11 is 0. The number of amides is 2. The van der Waals surface area contributed by atoms with Crippen LogP contribution in [0.15, 0.2) is 83.8 Å². The Labute approximate surface area is 189 Å². The molecule has 1 aliphatic heterocycles. The van der Waals surface area contributed by atoms with Crippen LogP contribution < -0.4 is 20.9 Å². The van der Waals surface area contributed by atoms with Gasteiger partial charge in [0.1, 0.15) is 5.75 Å². The van der Waals surface area contributed by atoms with Crippen LogP contribution in [0, 0.1) is 0 Å². The molecule has 7 nitrogen and oxygen atoms in total. The third kappa shape index (κ3) is 4.08. The number of nitrogens with one attached hydrogen (secondary N) is 2. The van der Waals surface area contributed by atoms with Crippen molar-refractivity contribution in [3.63, 3.8) is 0 Å². The molecule has 0 bridgehead atoms. The number of nitrogens with zero attached hydrogens (tertiary/aromatic N) is 1. The molecule has 0 radical (unpaired) electrons. The van der Waals surface area contributed by atoms with E-state index in [1.165, 1.54) is 4.57 Å². The lowest BCUT2D eigenvalue weighted by molar-refractivity contribution is -0.122. The van der Waals surface area contributed by atoms with Crippen LogP contribution in [0.2, 0.25) is 0 Å². The first-order chi connectivity index (χ1) is 16.0. The standard InChI is InChI=1S/C26H21N3O4/c1-29-12-11-16-9-10-20(15-21(16)26(29)32)27-24(30)18-6-4-7-19(13-18)28-25(31)23-14-17-5-2-3-8-22(17)33-23/h2-13,15,23H,14H2,1H3,(H,27,30)(H,28,31). The molecule has 3 aromatic carbocycles. The predicted molar refractivity (Wildman–Crippen MR) is 127 cm³/mol. The van der Waals surface area contributed by atoms with Crippen LogP contribution in [0.1, 0.15) is 15.9 Å². The molecular formula is C26H21N3O4. The molecule has 0 spiro atoms. The molecule has 0 fully saturated rings. The number of anilines is 2. The van der Waals surface area contributed by atoms with Crippen molar-refractivity contribution < 1.29 is 14.3 Å². The smallest absolute Gasteiger partial charge is 0.265 e. The topological polar surface area (TPSA) is 89.4 Å². The molecule has 1 aromatic heterocycles. The third-order valence-corrected chi connectivity index (χ3v) is 5.67. The Hall–Kier alpha value is -4.39. The highest BCUT2D eigenvalue weighted by molar-refractivity contribution is 6.06. The number of carbonyl (C=O) groups is 2. The van der Waals surface area contributed by atoms with E-state index in [4.69, 9.17) is 4.74 Å². The highest BCUT2D eigenvalue weighted by Crippen LogP contribution is 2.28. The Morgan fingerprint density at radius 2 is 1.76 bits per heavy atom. The van der Waals surface area contributed by atoms with E-state index >= 15 is 0 Å². The van der Waals surface area contributed by atoms with Gasteiger partial charge in [-0.15, -0.1) is 0 Å². The Morgan fingerprint density at radius 1 is 0.939 bits per heavy atom. The van der Waals surface area contributed by atoms with Gasteiger partial charge in [-0.3, -0.25) is 14.4 Å². The maximum absolute atomic E-state index is 12.8. The molecule has 33 heavy (non-hydrogen) atoms. The van der Waals surface area contributed by atoms with Crippen molar-refractivity contribution in [1.29, 1.82) is 0 Å². The van der Waals surface area contributed by atoms with E-state index in [-0.39, 0.29) is 17.4 Å². The van der Waals surface area contributed by atoms with Crippen molar-refractivity contribution in [3.05, 3.63) is 100 Å². The Balaban J connectivity index is 1.29. The fraction of sp³-hybridized carbons (Fsp3) is 0.115. The highest BCUT2D eigenvalue weighted by Gasteiger charge is 2.28. The molecule has 164 valence electrons. The molecule has 5 rings (SSSR count). The molecule has 2 amide bonds. The van der Waals surface area contributed by atoms with Crippen LogP contribution in [0.4, 0.5) is 11.4 Å². The largest absolute Gasteiger partial charge is 0.480 e. The summed E-state index contributed by atoms with van der Waals surface area (Å²) in [6, 6.07) is 21.3. The van der Waals surface area contributed by atoms with E-state index in [0.717, 1.165) is 16.7 Å². The second-order valence-electron chi connectivity index (χ2n) is 7.98. The number of fused-ring (bicyclic) bond motifs is 2. The fourth-order valence-corrected chi connectivity index (χ4v) is 3.91. The summed E-state index contributed by atoms with van der Waals surface area (Å²) in [5.41, 5.74) is 2.26. The van der Waals surface area contributed by atoms with Crippen LogP contribution >= 0.6 is 0 Å². The van der Waals surface area contributed by atoms with E-state index in [0.29, 0.717) is 28.7 Å². The molecule has 1 atom stereocenters. The number of carbonyl (C=O) groups excluding carboxylic acids is 2. The Bertz CT molecular complexity index is 1430. The van der Waals surface area contributed by atoms with E-state index in [9.17, 15) is 14.4 Å². The first kappa shape index (κ1) is 20.5. The van der Waals surface area contributed by atoms with Crippen molar-refractivity contribution in [2.45, 2.75) is 12.5 Å². The summed E-state index contributed by atoms with van der Waals surface area (Å²) in [7, 11) is 1.68. The molecular weight excluding hydrogens is 418 g/mol. The zero-order valence-electron chi connectivity index (χ0n) is 17.9. The summed E-state index contributed by atoms with van der Waals surface area (Å²) in [6.45, 7) is 0. The van der Waals surface area contributed by atoms with Gasteiger partial charge in [-0.1, -0.05) is 30.3 Å². The number of para-hydroxylation sites is 1. The van der Waals surface area contributed by atoms with Gasteiger partial charge in [-0.2, -0.15) is 0 Å². The van der Waals surface area contributed by atoms with Gasteiger partial charge in [0.2, 0.25) is 0 Å². The molecule has 0 aliphatic carbocycles. The average molecular weight is 439 g/mol. The molecule has 1 aliphatic rings. The van der Waals surface area contributed by atoms with E-state index in [2.05, 4.69) is 10.6 Å². The van der Waals surface area contributed by atoms with Gasteiger partial charge in [-0.25, -0.2) is 0 Å². The number of ether oxygens (including phenoxy) is 1. The van der Waals surface area contributed by atoms with Crippen molar-refractivity contribution in [1.82, 2.24) is 4.57 Å². The number of aryl methyl sites for hydroxylation is 1. The van der Waals surface area contributed by atoms with E-state index in [1.54, 1.807) is 55.7 Å². The number of pyridine rings is 1. The Kier molecular flexibility index (Phi) is 5.14. The molecule has 1 unspecified atom stereocenters. The molecule has 0 saturated heterocycles. The maximum atomic E-state index is 12.8. The minimum atomic E-state index is -0.611.